The molecule has 0 unspecified atom stereocenters. The Morgan fingerprint density at radius 2 is 1.91 bits per heavy atom. The van der Waals surface area contributed by atoms with Crippen LogP contribution < -0.4 is 0 Å². The Labute approximate surface area is 75.1 Å². The van der Waals surface area contributed by atoms with Crippen LogP contribution in [-0.4, -0.2) is 5.71 Å². The van der Waals surface area contributed by atoms with E-state index >= 15 is 0 Å². The van der Waals surface area contributed by atoms with Crippen molar-refractivity contribution in [3.63, 3.8) is 0 Å². The predicted molar refractivity (Wildman–Crippen MR) is 51.2 cm³/mol. The lowest BCUT2D eigenvalue weighted by molar-refractivity contribution is 1.26. The Morgan fingerprint density at radius 3 is 2.36 bits per heavy atom. The van der Waals surface area contributed by atoms with Crippen LogP contribution in [0.2, 0.25) is 0 Å². The van der Waals surface area contributed by atoms with E-state index in [0.29, 0.717) is 5.71 Å². The molecule has 0 aliphatic carbocycles. The Hall–Kier alpha value is -0.630. The van der Waals surface area contributed by atoms with Gasteiger partial charge in [-0.15, -0.1) is 0 Å². The highest BCUT2D eigenvalue weighted by atomic mass is 79.9. The molecule has 0 aliphatic heterocycles. The van der Waals surface area contributed by atoms with Crippen LogP contribution in [0.5, 0.6) is 0 Å². The molecule has 0 aliphatic rings. The lowest BCUT2D eigenvalue weighted by Crippen LogP contribution is -1.93. The molecule has 0 bridgehead atoms. The zero-order valence-corrected chi connectivity index (χ0v) is 7.98. The van der Waals surface area contributed by atoms with E-state index in [1.165, 1.54) is 5.56 Å². The van der Waals surface area contributed by atoms with Crippen molar-refractivity contribution in [1.82, 2.24) is 0 Å². The third-order valence-electron chi connectivity index (χ3n) is 1.38. The second kappa shape index (κ2) is 3.67. The average molecular weight is 212 g/mol. The molecule has 0 saturated heterocycles. The third kappa shape index (κ3) is 2.85. The monoisotopic (exact) mass is 211 g/mol. The molecule has 11 heavy (non-hydrogen) atoms. The van der Waals surface area contributed by atoms with Crippen molar-refractivity contribution < 1.29 is 0 Å². The number of benzene rings is 1. The van der Waals surface area contributed by atoms with Crippen molar-refractivity contribution in [2.24, 2.45) is 0 Å². The summed E-state index contributed by atoms with van der Waals surface area (Å²) in [6, 6.07) is 8.06. The van der Waals surface area contributed by atoms with Crippen LogP contribution in [0.25, 0.3) is 0 Å². The van der Waals surface area contributed by atoms with E-state index in [4.69, 9.17) is 5.41 Å². The van der Waals surface area contributed by atoms with Gasteiger partial charge >= 0.3 is 0 Å². The molecule has 0 atom stereocenters. The van der Waals surface area contributed by atoms with Gasteiger partial charge in [-0.3, -0.25) is 0 Å². The van der Waals surface area contributed by atoms with Gasteiger partial charge < -0.3 is 5.41 Å². The zero-order valence-electron chi connectivity index (χ0n) is 6.39. The summed E-state index contributed by atoms with van der Waals surface area (Å²) in [4.78, 5) is 0. The highest BCUT2D eigenvalue weighted by Crippen LogP contribution is 2.10. The Morgan fingerprint density at radius 1 is 1.36 bits per heavy atom. The second-order valence-corrected chi connectivity index (χ2v) is 3.50. The molecule has 0 amide bonds. The van der Waals surface area contributed by atoms with Crippen molar-refractivity contribution in [1.29, 1.82) is 5.41 Å². The molecule has 1 N–H and O–H groups in total. The largest absolute Gasteiger partial charge is 0.310 e. The third-order valence-corrected chi connectivity index (χ3v) is 1.91. The summed E-state index contributed by atoms with van der Waals surface area (Å²) in [5.41, 5.74) is 1.90. The van der Waals surface area contributed by atoms with E-state index in [0.717, 1.165) is 10.9 Å². The summed E-state index contributed by atoms with van der Waals surface area (Å²) in [5.74, 6) is 0. The van der Waals surface area contributed by atoms with Gasteiger partial charge in [0.15, 0.2) is 0 Å². The Balaban J connectivity index is 2.74. The molecular weight excluding hydrogens is 202 g/mol. The summed E-state index contributed by atoms with van der Waals surface area (Å²) in [7, 11) is 0. The topological polar surface area (TPSA) is 23.9 Å². The van der Waals surface area contributed by atoms with Gasteiger partial charge in [0, 0.05) is 16.6 Å². The summed E-state index contributed by atoms with van der Waals surface area (Å²) < 4.78 is 1.09. The lowest BCUT2D eigenvalue weighted by Gasteiger charge is -1.97. The van der Waals surface area contributed by atoms with Crippen molar-refractivity contribution >= 4 is 21.6 Å². The molecule has 58 valence electrons. The SMILES string of the molecule is CC(=N)Cc1ccc(Br)cc1. The van der Waals surface area contributed by atoms with Gasteiger partial charge in [0.1, 0.15) is 0 Å². The van der Waals surface area contributed by atoms with E-state index in [9.17, 15) is 0 Å². The van der Waals surface area contributed by atoms with Gasteiger partial charge in [0.2, 0.25) is 0 Å². The molecule has 1 aromatic carbocycles. The molecule has 0 saturated carbocycles. The molecule has 0 spiro atoms. The molecule has 2 heteroatoms. The lowest BCUT2D eigenvalue weighted by atomic mass is 10.1. The van der Waals surface area contributed by atoms with Crippen LogP contribution in [0.3, 0.4) is 0 Å². The maximum Gasteiger partial charge on any atom is 0.0175 e. The van der Waals surface area contributed by atoms with Gasteiger partial charge in [-0.05, 0) is 24.6 Å². The predicted octanol–water partition coefficient (Wildman–Crippen LogP) is 3.03. The van der Waals surface area contributed by atoms with E-state index in [-0.39, 0.29) is 0 Å². The highest BCUT2D eigenvalue weighted by Gasteiger charge is 1.93. The molecule has 1 aromatic rings. The number of hydrogen-bond donors (Lipinski definition) is 1. The van der Waals surface area contributed by atoms with Crippen LogP contribution in [0.4, 0.5) is 0 Å². The smallest absolute Gasteiger partial charge is 0.0175 e. The fourth-order valence-corrected chi connectivity index (χ4v) is 1.17. The van der Waals surface area contributed by atoms with Crippen molar-refractivity contribution in [3.05, 3.63) is 34.3 Å². The molecule has 1 nitrogen and oxygen atoms in total. The van der Waals surface area contributed by atoms with E-state index in [2.05, 4.69) is 15.9 Å². The standard InChI is InChI=1S/C9H10BrN/c1-7(11)6-8-2-4-9(10)5-3-8/h2-5,11H,6H2,1H3. The molecule has 0 radical (unpaired) electrons. The Bertz CT molecular complexity index is 251. The first-order chi connectivity index (χ1) is 5.18. The minimum Gasteiger partial charge on any atom is -0.310 e. The molecule has 0 heterocycles. The van der Waals surface area contributed by atoms with Crippen molar-refractivity contribution in [2.75, 3.05) is 0 Å². The van der Waals surface area contributed by atoms with Gasteiger partial charge in [0.05, 0.1) is 0 Å². The minimum atomic E-state index is 0.701. The molecular formula is C9H10BrN. The van der Waals surface area contributed by atoms with Gasteiger partial charge in [0.25, 0.3) is 0 Å². The maximum absolute atomic E-state index is 7.27. The first-order valence-corrected chi connectivity index (χ1v) is 4.26. The Kier molecular flexibility index (Phi) is 2.83. The second-order valence-electron chi connectivity index (χ2n) is 2.58. The molecule has 0 fully saturated rings. The zero-order chi connectivity index (χ0) is 8.27. The van der Waals surface area contributed by atoms with Crippen LogP contribution in [0, 0.1) is 5.41 Å². The quantitative estimate of drug-likeness (QED) is 0.728. The molecule has 0 aromatic heterocycles. The van der Waals surface area contributed by atoms with E-state index in [1.807, 2.05) is 31.2 Å². The summed E-state index contributed by atoms with van der Waals surface area (Å²) in [6.07, 6.45) is 0.757. The number of rotatable bonds is 2. The first-order valence-electron chi connectivity index (χ1n) is 3.47. The molecule has 1 rings (SSSR count). The normalized spacial score (nSPS) is 9.64. The maximum atomic E-state index is 7.27. The van der Waals surface area contributed by atoms with Gasteiger partial charge in [-0.25, -0.2) is 0 Å². The minimum absolute atomic E-state index is 0.701. The fraction of sp³-hybridized carbons (Fsp3) is 0.222. The number of nitrogens with one attached hydrogen (secondary N) is 1. The van der Waals surface area contributed by atoms with Gasteiger partial charge in [-0.2, -0.15) is 0 Å². The first kappa shape index (κ1) is 8.47. The van der Waals surface area contributed by atoms with Crippen molar-refractivity contribution in [3.8, 4) is 0 Å². The summed E-state index contributed by atoms with van der Waals surface area (Å²) in [5, 5.41) is 7.27. The van der Waals surface area contributed by atoms with Crippen molar-refractivity contribution in [2.45, 2.75) is 13.3 Å². The number of hydrogen-bond acceptors (Lipinski definition) is 1. The van der Waals surface area contributed by atoms with E-state index in [1.54, 1.807) is 0 Å². The fourth-order valence-electron chi connectivity index (χ4n) is 0.908. The summed E-state index contributed by atoms with van der Waals surface area (Å²) >= 11 is 3.36. The van der Waals surface area contributed by atoms with E-state index < -0.39 is 0 Å². The van der Waals surface area contributed by atoms with Gasteiger partial charge in [-0.1, -0.05) is 28.1 Å². The van der Waals surface area contributed by atoms with Crippen LogP contribution in [-0.2, 0) is 6.42 Å². The van der Waals surface area contributed by atoms with Crippen LogP contribution >= 0.6 is 15.9 Å². The van der Waals surface area contributed by atoms with Crippen LogP contribution in [0.15, 0.2) is 28.7 Å². The summed E-state index contributed by atoms with van der Waals surface area (Å²) in [6.45, 7) is 1.82. The average Bonchev–Trinajstić information content (AvgIpc) is 1.93. The highest BCUT2D eigenvalue weighted by molar-refractivity contribution is 9.10. The number of halogens is 1. The van der Waals surface area contributed by atoms with Crippen LogP contribution in [0.1, 0.15) is 12.5 Å².